The fraction of sp³-hybridized carbons (Fsp3) is 0.238. The predicted molar refractivity (Wildman–Crippen MR) is 110 cm³/mol. The lowest BCUT2D eigenvalue weighted by molar-refractivity contribution is 0.0958. The molecule has 0 aliphatic heterocycles. The van der Waals surface area contributed by atoms with E-state index in [0.717, 1.165) is 5.69 Å². The van der Waals surface area contributed by atoms with Crippen molar-refractivity contribution in [2.24, 2.45) is 0 Å². The van der Waals surface area contributed by atoms with Crippen LogP contribution in [0.5, 0.6) is 5.75 Å². The van der Waals surface area contributed by atoms with Crippen molar-refractivity contribution in [3.63, 3.8) is 0 Å². The normalized spacial score (nSPS) is 10.5. The minimum Gasteiger partial charge on any atom is -0.486 e. The van der Waals surface area contributed by atoms with Crippen molar-refractivity contribution in [3.8, 4) is 5.75 Å². The number of nitrogens with one attached hydrogen (secondary N) is 1. The average molecular weight is 399 g/mol. The molecule has 0 saturated carbocycles. The number of nitrogens with zero attached hydrogens (tertiary/aromatic N) is 2. The number of ether oxygens (including phenoxy) is 1. The average Bonchev–Trinajstić information content (AvgIpc) is 3.09. The van der Waals surface area contributed by atoms with Crippen LogP contribution in [0.1, 0.15) is 20.4 Å². The summed E-state index contributed by atoms with van der Waals surface area (Å²) in [6.45, 7) is 3.28. The number of carbonyl (C=O) groups is 1. The number of carbonyl (C=O) groups excluding carboxylic acids is 1. The van der Waals surface area contributed by atoms with Gasteiger partial charge in [0.15, 0.2) is 0 Å². The maximum absolute atomic E-state index is 12.9. The molecular formula is C21H22FN3O2S. The molecule has 0 bridgehead atoms. The van der Waals surface area contributed by atoms with Crippen LogP contribution in [0.15, 0.2) is 54.6 Å². The Morgan fingerprint density at radius 1 is 1.18 bits per heavy atom. The van der Waals surface area contributed by atoms with Crippen LogP contribution in [-0.4, -0.2) is 31.0 Å². The largest absolute Gasteiger partial charge is 0.486 e. The number of anilines is 1. The molecule has 146 valence electrons. The van der Waals surface area contributed by atoms with Crippen molar-refractivity contribution in [2.45, 2.75) is 13.5 Å². The lowest BCUT2D eigenvalue weighted by Crippen LogP contribution is -2.32. The molecule has 3 rings (SSSR count). The molecule has 0 radical (unpaired) electrons. The first-order valence-electron chi connectivity index (χ1n) is 8.92. The Morgan fingerprint density at radius 3 is 2.61 bits per heavy atom. The monoisotopic (exact) mass is 399 g/mol. The van der Waals surface area contributed by atoms with E-state index in [4.69, 9.17) is 4.74 Å². The number of thiazole rings is 1. The maximum atomic E-state index is 12.9. The van der Waals surface area contributed by atoms with Gasteiger partial charge in [-0.05, 0) is 43.3 Å². The molecule has 0 spiro atoms. The minimum atomic E-state index is -0.311. The first-order chi connectivity index (χ1) is 13.5. The lowest BCUT2D eigenvalue weighted by Gasteiger charge is -2.19. The minimum absolute atomic E-state index is 0.135. The summed E-state index contributed by atoms with van der Waals surface area (Å²) < 4.78 is 18.5. The highest BCUT2D eigenvalue weighted by Gasteiger charge is 2.15. The number of rotatable bonds is 8. The Kier molecular flexibility index (Phi) is 6.60. The fourth-order valence-electron chi connectivity index (χ4n) is 2.63. The van der Waals surface area contributed by atoms with Gasteiger partial charge >= 0.3 is 0 Å². The molecule has 0 aliphatic carbocycles. The summed E-state index contributed by atoms with van der Waals surface area (Å²) in [5.41, 5.74) is 1.78. The van der Waals surface area contributed by atoms with E-state index in [2.05, 4.69) is 15.2 Å². The molecule has 0 atom stereocenters. The van der Waals surface area contributed by atoms with E-state index < -0.39 is 0 Å². The molecule has 1 amide bonds. The summed E-state index contributed by atoms with van der Waals surface area (Å²) >= 11 is 1.31. The Balaban J connectivity index is 1.50. The highest BCUT2D eigenvalue weighted by atomic mass is 32.1. The molecule has 3 aromatic rings. The van der Waals surface area contributed by atoms with Gasteiger partial charge < -0.3 is 15.0 Å². The van der Waals surface area contributed by atoms with Crippen molar-refractivity contribution in [2.75, 3.05) is 25.0 Å². The van der Waals surface area contributed by atoms with Crippen LogP contribution < -0.4 is 15.0 Å². The van der Waals surface area contributed by atoms with Crippen molar-refractivity contribution in [1.82, 2.24) is 10.3 Å². The quantitative estimate of drug-likeness (QED) is 0.621. The standard InChI is InChI=1S/C21H22FN3O2S/c1-15-20(21(26)23-12-13-25(2)17-6-4-3-5-7-17)28-19(24-15)14-27-18-10-8-16(22)9-11-18/h3-11H,12-14H2,1-2H3,(H,23,26). The molecule has 1 aromatic heterocycles. The second-order valence-electron chi connectivity index (χ2n) is 6.28. The van der Waals surface area contributed by atoms with E-state index in [-0.39, 0.29) is 18.3 Å². The lowest BCUT2D eigenvalue weighted by atomic mass is 10.3. The topological polar surface area (TPSA) is 54.5 Å². The number of aromatic nitrogens is 1. The zero-order valence-electron chi connectivity index (χ0n) is 15.8. The van der Waals surface area contributed by atoms with Gasteiger partial charge in [0.25, 0.3) is 5.91 Å². The number of hydrogen-bond acceptors (Lipinski definition) is 5. The van der Waals surface area contributed by atoms with E-state index in [1.807, 2.05) is 44.3 Å². The Bertz CT molecular complexity index is 913. The SMILES string of the molecule is Cc1nc(COc2ccc(F)cc2)sc1C(=O)NCCN(C)c1ccccc1. The van der Waals surface area contributed by atoms with Gasteiger partial charge in [0, 0.05) is 25.8 Å². The van der Waals surface area contributed by atoms with Crippen LogP contribution in [0.25, 0.3) is 0 Å². The third kappa shape index (κ3) is 5.29. The molecule has 5 nitrogen and oxygen atoms in total. The Labute approximate surface area is 167 Å². The van der Waals surface area contributed by atoms with Crippen LogP contribution in [0.2, 0.25) is 0 Å². The summed E-state index contributed by atoms with van der Waals surface area (Å²) in [6, 6.07) is 15.8. The van der Waals surface area contributed by atoms with Gasteiger partial charge in [0.2, 0.25) is 0 Å². The van der Waals surface area contributed by atoms with E-state index in [1.165, 1.54) is 23.5 Å². The second kappa shape index (κ2) is 9.32. The number of hydrogen-bond donors (Lipinski definition) is 1. The first kappa shape index (κ1) is 19.8. The number of halogens is 1. The van der Waals surface area contributed by atoms with Gasteiger partial charge in [-0.25, -0.2) is 9.37 Å². The van der Waals surface area contributed by atoms with Crippen LogP contribution in [0.4, 0.5) is 10.1 Å². The zero-order chi connectivity index (χ0) is 19.9. The van der Waals surface area contributed by atoms with E-state index in [9.17, 15) is 9.18 Å². The summed E-state index contributed by atoms with van der Waals surface area (Å²) in [7, 11) is 1.99. The van der Waals surface area contributed by atoms with Crippen molar-refractivity contribution < 1.29 is 13.9 Å². The fourth-order valence-corrected chi connectivity index (χ4v) is 3.52. The van der Waals surface area contributed by atoms with Crippen LogP contribution in [0.3, 0.4) is 0 Å². The molecule has 0 saturated heterocycles. The number of aryl methyl sites for hydroxylation is 1. The Morgan fingerprint density at radius 2 is 1.89 bits per heavy atom. The third-order valence-corrected chi connectivity index (χ3v) is 5.28. The molecule has 7 heteroatoms. The highest BCUT2D eigenvalue weighted by Crippen LogP contribution is 2.20. The number of likely N-dealkylation sites (N-methyl/N-ethyl adjacent to an activating group) is 1. The van der Waals surface area contributed by atoms with Crippen molar-refractivity contribution >= 4 is 22.9 Å². The summed E-state index contributed by atoms with van der Waals surface area (Å²) in [6.07, 6.45) is 0. The first-order valence-corrected chi connectivity index (χ1v) is 9.73. The predicted octanol–water partition coefficient (Wildman–Crippen LogP) is 4.04. The second-order valence-corrected chi connectivity index (χ2v) is 7.36. The molecule has 1 heterocycles. The van der Waals surface area contributed by atoms with Gasteiger partial charge in [-0.3, -0.25) is 4.79 Å². The summed E-state index contributed by atoms with van der Waals surface area (Å²) in [4.78, 5) is 19.5. The van der Waals surface area contributed by atoms with E-state index >= 15 is 0 Å². The number of para-hydroxylation sites is 1. The molecule has 0 aliphatic rings. The molecule has 2 aromatic carbocycles. The maximum Gasteiger partial charge on any atom is 0.263 e. The van der Waals surface area contributed by atoms with Gasteiger partial charge in [0.05, 0.1) is 5.69 Å². The highest BCUT2D eigenvalue weighted by molar-refractivity contribution is 7.13. The number of amides is 1. The van der Waals surface area contributed by atoms with Gasteiger partial charge in [-0.15, -0.1) is 11.3 Å². The molecule has 28 heavy (non-hydrogen) atoms. The summed E-state index contributed by atoms with van der Waals surface area (Å²) in [5, 5.41) is 3.64. The van der Waals surface area contributed by atoms with Crippen LogP contribution >= 0.6 is 11.3 Å². The molecular weight excluding hydrogens is 377 g/mol. The number of benzene rings is 2. The molecule has 1 N–H and O–H groups in total. The third-order valence-electron chi connectivity index (χ3n) is 4.15. The van der Waals surface area contributed by atoms with Gasteiger partial charge in [-0.1, -0.05) is 18.2 Å². The molecule has 0 fully saturated rings. The van der Waals surface area contributed by atoms with E-state index in [0.29, 0.717) is 34.4 Å². The summed E-state index contributed by atoms with van der Waals surface area (Å²) in [5.74, 6) is 0.114. The smallest absolute Gasteiger partial charge is 0.263 e. The van der Waals surface area contributed by atoms with Crippen molar-refractivity contribution in [1.29, 1.82) is 0 Å². The molecule has 0 unspecified atom stereocenters. The zero-order valence-corrected chi connectivity index (χ0v) is 16.6. The van der Waals surface area contributed by atoms with Crippen molar-refractivity contribution in [3.05, 3.63) is 76.0 Å². The Hall–Kier alpha value is -2.93. The van der Waals surface area contributed by atoms with Crippen LogP contribution in [0, 0.1) is 12.7 Å². The van der Waals surface area contributed by atoms with Crippen LogP contribution in [-0.2, 0) is 6.61 Å². The van der Waals surface area contributed by atoms with E-state index in [1.54, 1.807) is 12.1 Å². The van der Waals surface area contributed by atoms with Gasteiger partial charge in [0.1, 0.15) is 28.1 Å². The van der Waals surface area contributed by atoms with Gasteiger partial charge in [-0.2, -0.15) is 0 Å².